The van der Waals surface area contributed by atoms with Crippen LogP contribution in [-0.2, 0) is 9.53 Å². The number of hydrogen-bond donors (Lipinski definition) is 3. The Bertz CT molecular complexity index is 918. The van der Waals surface area contributed by atoms with E-state index in [1.54, 1.807) is 6.92 Å². The van der Waals surface area contributed by atoms with Crippen LogP contribution in [0, 0.1) is 12.3 Å². The van der Waals surface area contributed by atoms with Gasteiger partial charge in [-0.2, -0.15) is 0 Å². The first-order valence-corrected chi connectivity index (χ1v) is 9.19. The average Bonchev–Trinajstić information content (AvgIpc) is 3.01. The van der Waals surface area contributed by atoms with Crippen molar-refractivity contribution in [1.29, 1.82) is 0 Å². The Labute approximate surface area is 159 Å². The van der Waals surface area contributed by atoms with Gasteiger partial charge < -0.3 is 20.4 Å². The fourth-order valence-corrected chi connectivity index (χ4v) is 3.30. The molecule has 2 amide bonds. The number of esters is 1. The number of fused-ring (bicyclic) bond motifs is 1. The van der Waals surface area contributed by atoms with Crippen molar-refractivity contribution in [1.82, 2.24) is 15.6 Å². The fraction of sp³-hybridized carbons (Fsp3) is 0.429. The van der Waals surface area contributed by atoms with Crippen molar-refractivity contribution in [2.24, 2.45) is 5.41 Å². The number of H-pyrrole nitrogens is 1. The molecule has 27 heavy (non-hydrogen) atoms. The van der Waals surface area contributed by atoms with Crippen LogP contribution in [0.5, 0.6) is 0 Å². The second-order valence-electron chi connectivity index (χ2n) is 8.30. The number of rotatable bonds is 4. The van der Waals surface area contributed by atoms with Crippen LogP contribution in [-0.4, -0.2) is 23.6 Å². The van der Waals surface area contributed by atoms with Gasteiger partial charge in [0.15, 0.2) is 0 Å². The lowest BCUT2D eigenvalue weighted by molar-refractivity contribution is -0.140. The molecule has 0 spiro atoms. The van der Waals surface area contributed by atoms with Gasteiger partial charge in [-0.3, -0.25) is 0 Å². The zero-order valence-corrected chi connectivity index (χ0v) is 16.5. The summed E-state index contributed by atoms with van der Waals surface area (Å²) in [6, 6.07) is 5.09. The van der Waals surface area contributed by atoms with E-state index in [0.29, 0.717) is 17.9 Å². The third kappa shape index (κ3) is 4.15. The molecule has 1 unspecified atom stereocenters. The zero-order valence-electron chi connectivity index (χ0n) is 16.5. The van der Waals surface area contributed by atoms with Crippen LogP contribution in [0.1, 0.15) is 51.3 Å². The van der Waals surface area contributed by atoms with Gasteiger partial charge in [-0.05, 0) is 54.3 Å². The number of benzene rings is 1. The van der Waals surface area contributed by atoms with E-state index in [0.717, 1.165) is 28.5 Å². The predicted molar refractivity (Wildman–Crippen MR) is 105 cm³/mol. The Kier molecular flexibility index (Phi) is 5.00. The smallest absolute Gasteiger partial charge is 0.338 e. The summed E-state index contributed by atoms with van der Waals surface area (Å²) in [5, 5.41) is 6.59. The number of allylic oxidation sites excluding steroid dienone is 1. The third-order valence-corrected chi connectivity index (χ3v) is 4.79. The van der Waals surface area contributed by atoms with Crippen molar-refractivity contribution < 1.29 is 14.3 Å². The predicted octanol–water partition coefficient (Wildman–Crippen LogP) is 4.08. The van der Waals surface area contributed by atoms with Crippen molar-refractivity contribution in [2.75, 3.05) is 6.61 Å². The van der Waals surface area contributed by atoms with E-state index in [4.69, 9.17) is 4.74 Å². The molecule has 1 aliphatic rings. The van der Waals surface area contributed by atoms with Gasteiger partial charge in [0, 0.05) is 17.4 Å². The van der Waals surface area contributed by atoms with E-state index in [1.165, 1.54) is 0 Å². The maximum Gasteiger partial charge on any atom is 0.338 e. The van der Waals surface area contributed by atoms with Crippen molar-refractivity contribution >= 4 is 22.9 Å². The lowest BCUT2D eigenvalue weighted by Gasteiger charge is -2.29. The largest absolute Gasteiger partial charge is 0.462 e. The number of carbonyl (C=O) groups is 2. The number of hydrogen-bond acceptors (Lipinski definition) is 3. The molecule has 2 aromatic rings. The Hall–Kier alpha value is -2.76. The molecular formula is C21H27N3O3. The summed E-state index contributed by atoms with van der Waals surface area (Å²) < 4.78 is 5.52. The van der Waals surface area contributed by atoms with Gasteiger partial charge in [0.05, 0.1) is 18.2 Å². The second-order valence-corrected chi connectivity index (χ2v) is 8.30. The van der Waals surface area contributed by atoms with Crippen LogP contribution in [0.15, 0.2) is 35.7 Å². The van der Waals surface area contributed by atoms with Crippen LogP contribution in [0.2, 0.25) is 0 Å². The van der Waals surface area contributed by atoms with Gasteiger partial charge in [0.2, 0.25) is 0 Å². The van der Waals surface area contributed by atoms with Crippen LogP contribution < -0.4 is 10.6 Å². The summed E-state index contributed by atoms with van der Waals surface area (Å²) in [6.45, 7) is 10.4. The number of carbonyl (C=O) groups excluding carboxylic acids is 2. The highest BCUT2D eigenvalue weighted by molar-refractivity contribution is 5.95. The minimum atomic E-state index is -0.543. The summed E-state index contributed by atoms with van der Waals surface area (Å²) in [5.41, 5.74) is 4.01. The zero-order chi connectivity index (χ0) is 19.8. The first kappa shape index (κ1) is 19.0. The number of aryl methyl sites for hydroxylation is 1. The number of urea groups is 1. The monoisotopic (exact) mass is 369 g/mol. The average molecular weight is 369 g/mol. The molecule has 0 radical (unpaired) electrons. The van der Waals surface area contributed by atoms with E-state index in [1.807, 2.05) is 31.3 Å². The van der Waals surface area contributed by atoms with E-state index in [2.05, 4.69) is 36.4 Å². The molecule has 0 aliphatic carbocycles. The SMILES string of the molecule is CC1=C(C(=O)OCCC(C)(C)C)C(c2cc(C)c3[nH]ccc3c2)NC(=O)N1. The molecule has 0 fully saturated rings. The van der Waals surface area contributed by atoms with Crippen LogP contribution >= 0.6 is 0 Å². The molecule has 6 nitrogen and oxygen atoms in total. The first-order chi connectivity index (χ1) is 12.7. The third-order valence-electron chi connectivity index (χ3n) is 4.79. The van der Waals surface area contributed by atoms with Gasteiger partial charge in [-0.25, -0.2) is 9.59 Å². The lowest BCUT2D eigenvalue weighted by atomic mass is 9.92. The molecule has 0 saturated heterocycles. The molecule has 144 valence electrons. The van der Waals surface area contributed by atoms with E-state index in [-0.39, 0.29) is 11.4 Å². The minimum Gasteiger partial charge on any atom is -0.462 e. The second kappa shape index (κ2) is 7.10. The summed E-state index contributed by atoms with van der Waals surface area (Å²) in [6.07, 6.45) is 2.65. The first-order valence-electron chi connectivity index (χ1n) is 9.19. The van der Waals surface area contributed by atoms with Crippen LogP contribution in [0.25, 0.3) is 10.9 Å². The standard InChI is InChI=1S/C21H27N3O3/c1-12-10-15(11-14-6-8-22-17(12)14)18-16(13(2)23-20(26)24-18)19(25)27-9-7-21(3,4)5/h6,8,10-11,18,22H,7,9H2,1-5H3,(H2,23,24,26). The molecule has 2 heterocycles. The molecule has 3 rings (SSSR count). The minimum absolute atomic E-state index is 0.0819. The summed E-state index contributed by atoms with van der Waals surface area (Å²) in [4.78, 5) is 28.1. The lowest BCUT2D eigenvalue weighted by Crippen LogP contribution is -2.45. The Morgan fingerprint density at radius 2 is 1.96 bits per heavy atom. The summed E-state index contributed by atoms with van der Waals surface area (Å²) >= 11 is 0. The number of aromatic amines is 1. The highest BCUT2D eigenvalue weighted by Gasteiger charge is 2.32. The molecule has 0 saturated carbocycles. The topological polar surface area (TPSA) is 83.2 Å². The summed E-state index contributed by atoms with van der Waals surface area (Å²) in [5.74, 6) is -0.402. The van der Waals surface area contributed by atoms with Crippen molar-refractivity contribution in [3.63, 3.8) is 0 Å². The van der Waals surface area contributed by atoms with E-state index < -0.39 is 12.0 Å². The van der Waals surface area contributed by atoms with Crippen LogP contribution in [0.3, 0.4) is 0 Å². The molecule has 0 bridgehead atoms. The van der Waals surface area contributed by atoms with Gasteiger partial charge in [0.25, 0.3) is 0 Å². The highest BCUT2D eigenvalue weighted by Crippen LogP contribution is 2.31. The van der Waals surface area contributed by atoms with E-state index in [9.17, 15) is 9.59 Å². The van der Waals surface area contributed by atoms with Gasteiger partial charge in [-0.1, -0.05) is 26.8 Å². The van der Waals surface area contributed by atoms with Crippen molar-refractivity contribution in [3.8, 4) is 0 Å². The van der Waals surface area contributed by atoms with Gasteiger partial charge in [-0.15, -0.1) is 0 Å². The van der Waals surface area contributed by atoms with Gasteiger partial charge >= 0.3 is 12.0 Å². The molecule has 6 heteroatoms. The number of aromatic nitrogens is 1. The molecule has 1 aliphatic heterocycles. The molecule has 1 atom stereocenters. The molecule has 1 aromatic heterocycles. The van der Waals surface area contributed by atoms with Crippen molar-refractivity contribution in [3.05, 3.63) is 46.8 Å². The number of ether oxygens (including phenoxy) is 1. The normalized spacial score (nSPS) is 17.7. The molecule has 1 aromatic carbocycles. The Morgan fingerprint density at radius 1 is 1.22 bits per heavy atom. The molecular weight excluding hydrogens is 342 g/mol. The highest BCUT2D eigenvalue weighted by atomic mass is 16.5. The number of nitrogens with one attached hydrogen (secondary N) is 3. The Balaban J connectivity index is 1.92. The Morgan fingerprint density at radius 3 is 2.67 bits per heavy atom. The quantitative estimate of drug-likeness (QED) is 0.710. The van der Waals surface area contributed by atoms with Crippen LogP contribution in [0.4, 0.5) is 4.79 Å². The fourth-order valence-electron chi connectivity index (χ4n) is 3.30. The molecule has 3 N–H and O–H groups in total. The van der Waals surface area contributed by atoms with Crippen molar-refractivity contribution in [2.45, 2.75) is 47.1 Å². The van der Waals surface area contributed by atoms with E-state index >= 15 is 0 Å². The summed E-state index contributed by atoms with van der Waals surface area (Å²) in [7, 11) is 0. The maximum absolute atomic E-state index is 12.8. The maximum atomic E-state index is 12.8. The van der Waals surface area contributed by atoms with Gasteiger partial charge in [0.1, 0.15) is 0 Å². The number of amides is 2.